The second-order valence-electron chi connectivity index (χ2n) is 7.50. The number of nitrogens with zero attached hydrogens (tertiary/aromatic N) is 5. The molecule has 1 atom stereocenters. The van der Waals surface area contributed by atoms with Gasteiger partial charge >= 0.3 is 0 Å². The molecule has 2 aliphatic heterocycles. The standard InChI is InChI=1S/C19H29N5S/c1-15-4-5-18(25-15)14-23-10-11-24-17(12-20-19(24)16(23)2)13-22-8-6-21(3)7-9-22/h4-5,12,16H,6-11,13-14H2,1-3H3. The summed E-state index contributed by atoms with van der Waals surface area (Å²) in [6.45, 7) is 13.4. The highest BCUT2D eigenvalue weighted by Gasteiger charge is 2.28. The van der Waals surface area contributed by atoms with Crippen molar-refractivity contribution in [2.75, 3.05) is 39.8 Å². The maximum Gasteiger partial charge on any atom is 0.126 e. The molecule has 4 rings (SSSR count). The monoisotopic (exact) mass is 359 g/mol. The molecule has 0 N–H and O–H groups in total. The molecule has 5 nitrogen and oxygen atoms in total. The quantitative estimate of drug-likeness (QED) is 0.839. The molecule has 2 aliphatic rings. The van der Waals surface area contributed by atoms with E-state index in [1.807, 2.05) is 11.3 Å². The maximum absolute atomic E-state index is 4.80. The summed E-state index contributed by atoms with van der Waals surface area (Å²) < 4.78 is 2.47. The highest BCUT2D eigenvalue weighted by Crippen LogP contribution is 2.29. The first-order valence-corrected chi connectivity index (χ1v) is 10.2. The van der Waals surface area contributed by atoms with Gasteiger partial charge in [0.1, 0.15) is 5.82 Å². The van der Waals surface area contributed by atoms with Crippen LogP contribution >= 0.6 is 11.3 Å². The Kier molecular flexibility index (Phi) is 4.95. The summed E-state index contributed by atoms with van der Waals surface area (Å²) in [7, 11) is 2.21. The van der Waals surface area contributed by atoms with Crippen molar-refractivity contribution in [2.24, 2.45) is 0 Å². The van der Waals surface area contributed by atoms with E-state index in [-0.39, 0.29) is 0 Å². The van der Waals surface area contributed by atoms with Gasteiger partial charge in [-0.2, -0.15) is 0 Å². The van der Waals surface area contributed by atoms with E-state index in [1.165, 1.54) is 34.4 Å². The Morgan fingerprint density at radius 2 is 1.88 bits per heavy atom. The van der Waals surface area contributed by atoms with Crippen LogP contribution in [0.15, 0.2) is 18.3 Å². The third-order valence-corrected chi connectivity index (χ3v) is 6.62. The Hall–Kier alpha value is -1.21. The molecule has 0 aliphatic carbocycles. The van der Waals surface area contributed by atoms with E-state index in [1.54, 1.807) is 0 Å². The van der Waals surface area contributed by atoms with Crippen LogP contribution in [0.3, 0.4) is 0 Å². The first kappa shape index (κ1) is 17.2. The largest absolute Gasteiger partial charge is 0.328 e. The SMILES string of the molecule is Cc1ccc(CN2CCn3c(CN4CCN(C)CC4)cnc3C2C)s1. The van der Waals surface area contributed by atoms with E-state index < -0.39 is 0 Å². The Balaban J connectivity index is 1.43. The number of thiophene rings is 1. The Morgan fingerprint density at radius 1 is 1.08 bits per heavy atom. The number of hydrogen-bond acceptors (Lipinski definition) is 5. The molecule has 0 bridgehead atoms. The zero-order valence-electron chi connectivity index (χ0n) is 15.6. The molecule has 136 valence electrons. The lowest BCUT2D eigenvalue weighted by atomic mass is 10.2. The van der Waals surface area contributed by atoms with E-state index in [9.17, 15) is 0 Å². The van der Waals surface area contributed by atoms with Gasteiger partial charge in [-0.1, -0.05) is 0 Å². The Labute approximate surface area is 154 Å². The smallest absolute Gasteiger partial charge is 0.126 e. The summed E-state index contributed by atoms with van der Waals surface area (Å²) in [4.78, 5) is 15.2. The van der Waals surface area contributed by atoms with E-state index in [0.29, 0.717) is 6.04 Å². The average molecular weight is 360 g/mol. The van der Waals surface area contributed by atoms with E-state index in [4.69, 9.17) is 4.98 Å². The van der Waals surface area contributed by atoms with E-state index in [0.717, 1.165) is 39.3 Å². The lowest BCUT2D eigenvalue weighted by molar-refractivity contribution is 0.137. The summed E-state index contributed by atoms with van der Waals surface area (Å²) in [5, 5.41) is 0. The number of hydrogen-bond donors (Lipinski definition) is 0. The highest BCUT2D eigenvalue weighted by molar-refractivity contribution is 7.11. The van der Waals surface area contributed by atoms with Gasteiger partial charge in [-0.15, -0.1) is 11.3 Å². The Morgan fingerprint density at radius 3 is 2.60 bits per heavy atom. The molecule has 1 unspecified atom stereocenters. The van der Waals surface area contributed by atoms with Crippen LogP contribution in [-0.4, -0.2) is 64.0 Å². The molecule has 0 spiro atoms. The van der Waals surface area contributed by atoms with Crippen LogP contribution in [0, 0.1) is 6.92 Å². The molecule has 2 aromatic rings. The fourth-order valence-corrected chi connectivity index (χ4v) is 4.87. The van der Waals surface area contributed by atoms with Crippen LogP contribution in [0.4, 0.5) is 0 Å². The summed E-state index contributed by atoms with van der Waals surface area (Å²) in [6.07, 6.45) is 2.11. The van der Waals surface area contributed by atoms with E-state index in [2.05, 4.69) is 58.5 Å². The van der Waals surface area contributed by atoms with Crippen LogP contribution in [-0.2, 0) is 19.6 Å². The zero-order valence-corrected chi connectivity index (χ0v) is 16.4. The second kappa shape index (κ2) is 7.19. The Bertz CT molecular complexity index is 713. The van der Waals surface area contributed by atoms with Crippen molar-refractivity contribution in [1.82, 2.24) is 24.3 Å². The van der Waals surface area contributed by atoms with Crippen LogP contribution in [0.5, 0.6) is 0 Å². The van der Waals surface area contributed by atoms with Gasteiger partial charge in [-0.3, -0.25) is 9.80 Å². The molecule has 0 radical (unpaired) electrons. The predicted octanol–water partition coefficient (Wildman–Crippen LogP) is 2.58. The lowest BCUT2D eigenvalue weighted by Crippen LogP contribution is -2.44. The number of likely N-dealkylation sites (N-methyl/N-ethyl adjacent to an activating group) is 1. The molecule has 25 heavy (non-hydrogen) atoms. The number of aryl methyl sites for hydroxylation is 1. The van der Waals surface area contributed by atoms with Crippen molar-refractivity contribution in [3.8, 4) is 0 Å². The van der Waals surface area contributed by atoms with Gasteiger partial charge < -0.3 is 9.47 Å². The number of fused-ring (bicyclic) bond motifs is 1. The van der Waals surface area contributed by atoms with Crippen LogP contribution in [0.25, 0.3) is 0 Å². The third-order valence-electron chi connectivity index (χ3n) is 5.64. The van der Waals surface area contributed by atoms with Crippen molar-refractivity contribution in [1.29, 1.82) is 0 Å². The molecule has 1 saturated heterocycles. The number of imidazole rings is 1. The fourth-order valence-electron chi connectivity index (χ4n) is 3.95. The zero-order chi connectivity index (χ0) is 17.4. The number of aromatic nitrogens is 2. The number of rotatable bonds is 4. The van der Waals surface area contributed by atoms with Crippen LogP contribution in [0.1, 0.15) is 34.2 Å². The van der Waals surface area contributed by atoms with Gasteiger partial charge in [0.25, 0.3) is 0 Å². The van der Waals surface area contributed by atoms with Crippen molar-refractivity contribution in [3.63, 3.8) is 0 Å². The van der Waals surface area contributed by atoms with Crippen LogP contribution < -0.4 is 0 Å². The van der Waals surface area contributed by atoms with Crippen LogP contribution in [0.2, 0.25) is 0 Å². The first-order chi connectivity index (χ1) is 12.1. The first-order valence-electron chi connectivity index (χ1n) is 9.34. The fraction of sp³-hybridized carbons (Fsp3) is 0.632. The summed E-state index contributed by atoms with van der Waals surface area (Å²) in [6, 6.07) is 4.88. The lowest BCUT2D eigenvalue weighted by Gasteiger charge is -2.35. The molecule has 0 aromatic carbocycles. The molecule has 0 amide bonds. The van der Waals surface area contributed by atoms with Gasteiger partial charge in [-0.25, -0.2) is 4.98 Å². The van der Waals surface area contributed by atoms with Crippen molar-refractivity contribution >= 4 is 11.3 Å². The topological polar surface area (TPSA) is 27.5 Å². The normalized spacial score (nSPS) is 23.1. The molecule has 2 aromatic heterocycles. The molecule has 6 heteroatoms. The highest BCUT2D eigenvalue weighted by atomic mass is 32.1. The minimum Gasteiger partial charge on any atom is -0.328 e. The number of piperazine rings is 1. The van der Waals surface area contributed by atoms with Gasteiger partial charge in [0.2, 0.25) is 0 Å². The summed E-state index contributed by atoms with van der Waals surface area (Å²) >= 11 is 1.91. The van der Waals surface area contributed by atoms with Gasteiger partial charge in [0, 0.05) is 68.3 Å². The summed E-state index contributed by atoms with van der Waals surface area (Å²) in [5.41, 5.74) is 1.39. The van der Waals surface area contributed by atoms with Gasteiger partial charge in [0.15, 0.2) is 0 Å². The van der Waals surface area contributed by atoms with Crippen molar-refractivity contribution in [3.05, 3.63) is 39.6 Å². The third kappa shape index (κ3) is 3.67. The molecule has 0 saturated carbocycles. The van der Waals surface area contributed by atoms with Crippen molar-refractivity contribution < 1.29 is 0 Å². The molecular formula is C19H29N5S. The minimum absolute atomic E-state index is 0.386. The average Bonchev–Trinajstić information content (AvgIpc) is 3.19. The van der Waals surface area contributed by atoms with Gasteiger partial charge in [-0.05, 0) is 33.0 Å². The maximum atomic E-state index is 4.80. The predicted molar refractivity (Wildman–Crippen MR) is 103 cm³/mol. The van der Waals surface area contributed by atoms with E-state index >= 15 is 0 Å². The molecule has 1 fully saturated rings. The minimum atomic E-state index is 0.386. The molecule has 4 heterocycles. The molecular weight excluding hydrogens is 330 g/mol. The summed E-state index contributed by atoms with van der Waals surface area (Å²) in [5.74, 6) is 1.24. The van der Waals surface area contributed by atoms with Crippen molar-refractivity contribution in [2.45, 2.75) is 39.5 Å². The second-order valence-corrected chi connectivity index (χ2v) is 8.87. The van der Waals surface area contributed by atoms with Gasteiger partial charge in [0.05, 0.1) is 11.7 Å².